The maximum absolute atomic E-state index is 13.5. The highest BCUT2D eigenvalue weighted by atomic mass is 32.2. The van der Waals surface area contributed by atoms with Gasteiger partial charge < -0.3 is 14.8 Å². The van der Waals surface area contributed by atoms with Crippen LogP contribution in [0.5, 0.6) is 5.75 Å². The van der Waals surface area contributed by atoms with E-state index in [1.165, 1.54) is 12.1 Å². The highest BCUT2D eigenvalue weighted by molar-refractivity contribution is 7.92. The Labute approximate surface area is 211 Å². The average Bonchev–Trinajstić information content (AvgIpc) is 3.50. The Morgan fingerprint density at radius 2 is 1.97 bits per heavy atom. The summed E-state index contributed by atoms with van der Waals surface area (Å²) in [6.07, 6.45) is 6.52. The summed E-state index contributed by atoms with van der Waals surface area (Å²) >= 11 is 0. The Kier molecular flexibility index (Phi) is 8.14. The van der Waals surface area contributed by atoms with Crippen molar-refractivity contribution in [2.45, 2.75) is 88.2 Å². The summed E-state index contributed by atoms with van der Waals surface area (Å²) in [4.78, 5) is 20.8. The zero-order valence-corrected chi connectivity index (χ0v) is 22.1. The number of nitrogens with zero attached hydrogens (tertiary/aromatic N) is 3. The van der Waals surface area contributed by atoms with Gasteiger partial charge in [0.2, 0.25) is 0 Å². The molecule has 2 aromatic heterocycles. The van der Waals surface area contributed by atoms with Gasteiger partial charge in [-0.2, -0.15) is 0 Å². The highest BCUT2D eigenvalue weighted by Crippen LogP contribution is 2.35. The van der Waals surface area contributed by atoms with Gasteiger partial charge in [0.05, 0.1) is 28.0 Å². The second-order valence-electron chi connectivity index (χ2n) is 9.51. The number of unbranched alkanes of at least 4 members (excludes halogenated alkanes) is 1. The van der Waals surface area contributed by atoms with E-state index in [0.717, 1.165) is 44.3 Å². The standard InChI is InChI=1S/C26H36N4O5S/c1-4-6-11-19(14-15-31)36(33,34)20-12-13-22(35-5-2)21(16-20)24-28-26(32)23-17(3)27-25(30(23)29-24)18-9-7-8-10-18/h12-13,16,18-19,31H,4-11,14-15H2,1-3H3,(H,28,29,32). The third-order valence-corrected chi connectivity index (χ3v) is 9.29. The van der Waals surface area contributed by atoms with Crippen LogP contribution in [-0.4, -0.2) is 51.6 Å². The number of nitrogens with one attached hydrogen (secondary N) is 1. The van der Waals surface area contributed by atoms with Crippen molar-refractivity contribution in [3.05, 3.63) is 40.1 Å². The Balaban J connectivity index is 1.86. The molecule has 1 unspecified atom stereocenters. The second-order valence-corrected chi connectivity index (χ2v) is 11.7. The van der Waals surface area contributed by atoms with Crippen molar-refractivity contribution >= 4 is 15.4 Å². The molecule has 1 aromatic carbocycles. The van der Waals surface area contributed by atoms with E-state index in [2.05, 4.69) is 9.97 Å². The Bertz CT molecular complexity index is 1370. The molecule has 0 spiro atoms. The van der Waals surface area contributed by atoms with Crippen LogP contribution in [0.4, 0.5) is 0 Å². The molecule has 0 radical (unpaired) electrons. The molecule has 0 amide bonds. The highest BCUT2D eigenvalue weighted by Gasteiger charge is 2.29. The first-order valence-electron chi connectivity index (χ1n) is 12.9. The number of aryl methyl sites for hydroxylation is 1. The predicted molar refractivity (Wildman–Crippen MR) is 138 cm³/mol. The molecule has 1 aliphatic carbocycles. The zero-order valence-electron chi connectivity index (χ0n) is 21.3. The molecule has 196 valence electrons. The Morgan fingerprint density at radius 3 is 2.64 bits per heavy atom. The number of rotatable bonds is 11. The summed E-state index contributed by atoms with van der Waals surface area (Å²) < 4.78 is 34.5. The third-order valence-electron chi connectivity index (χ3n) is 7.03. The second kappa shape index (κ2) is 11.1. The molecular formula is C26H36N4O5S. The average molecular weight is 517 g/mol. The first kappa shape index (κ1) is 26.3. The minimum Gasteiger partial charge on any atom is -0.493 e. The topological polar surface area (TPSA) is 127 Å². The van der Waals surface area contributed by atoms with E-state index in [4.69, 9.17) is 9.84 Å². The molecule has 36 heavy (non-hydrogen) atoms. The number of hydrogen-bond acceptors (Lipinski definition) is 7. The molecule has 3 aromatic rings. The van der Waals surface area contributed by atoms with Gasteiger partial charge in [-0.15, -0.1) is 5.10 Å². The molecule has 9 nitrogen and oxygen atoms in total. The molecule has 1 saturated carbocycles. The Hall–Kier alpha value is -2.72. The summed E-state index contributed by atoms with van der Waals surface area (Å²) in [6.45, 7) is 5.82. The van der Waals surface area contributed by atoms with Gasteiger partial charge in [0.1, 0.15) is 11.6 Å². The van der Waals surface area contributed by atoms with E-state index in [1.807, 2.05) is 13.8 Å². The fourth-order valence-corrected chi connectivity index (χ4v) is 6.96. The van der Waals surface area contributed by atoms with Crippen LogP contribution < -0.4 is 10.3 Å². The SMILES string of the molecule is CCCCC(CCO)S(=O)(=O)c1ccc(OCC)c(-c2nn3c(C4CCCC4)nc(C)c3c(=O)[nH]2)c1. The largest absolute Gasteiger partial charge is 0.493 e. The molecule has 4 rings (SSSR count). The van der Waals surface area contributed by atoms with E-state index in [0.29, 0.717) is 35.6 Å². The van der Waals surface area contributed by atoms with Crippen molar-refractivity contribution in [1.82, 2.24) is 19.6 Å². The van der Waals surface area contributed by atoms with Crippen LogP contribution in [-0.2, 0) is 9.84 Å². The fraction of sp³-hybridized carbons (Fsp3) is 0.577. The van der Waals surface area contributed by atoms with Crippen LogP contribution in [0.15, 0.2) is 27.9 Å². The van der Waals surface area contributed by atoms with E-state index in [9.17, 15) is 18.3 Å². The number of aliphatic hydroxyl groups is 1. The molecule has 1 atom stereocenters. The smallest absolute Gasteiger partial charge is 0.277 e. The molecule has 1 fully saturated rings. The normalized spacial score (nSPS) is 15.6. The molecule has 0 bridgehead atoms. The van der Waals surface area contributed by atoms with Gasteiger partial charge in [0, 0.05) is 12.5 Å². The van der Waals surface area contributed by atoms with E-state index in [-0.39, 0.29) is 35.2 Å². The predicted octanol–water partition coefficient (Wildman–Crippen LogP) is 4.16. The Morgan fingerprint density at radius 1 is 1.22 bits per heavy atom. The third kappa shape index (κ3) is 5.06. The van der Waals surface area contributed by atoms with Gasteiger partial charge >= 0.3 is 0 Å². The number of sulfone groups is 1. The van der Waals surface area contributed by atoms with E-state index in [1.54, 1.807) is 17.5 Å². The first-order valence-corrected chi connectivity index (χ1v) is 14.5. The van der Waals surface area contributed by atoms with Crippen molar-refractivity contribution in [2.75, 3.05) is 13.2 Å². The summed E-state index contributed by atoms with van der Waals surface area (Å²) in [6, 6.07) is 4.67. The van der Waals surface area contributed by atoms with E-state index >= 15 is 0 Å². The minimum atomic E-state index is -3.72. The maximum Gasteiger partial charge on any atom is 0.277 e. The molecule has 10 heteroatoms. The first-order chi connectivity index (χ1) is 17.3. The lowest BCUT2D eigenvalue weighted by Gasteiger charge is -2.18. The molecule has 2 N–H and O–H groups in total. The zero-order chi connectivity index (χ0) is 25.9. The number of ether oxygens (including phenoxy) is 1. The quantitative estimate of drug-likeness (QED) is 0.392. The molecule has 0 saturated heterocycles. The maximum atomic E-state index is 13.5. The van der Waals surface area contributed by atoms with Crippen LogP contribution in [0.2, 0.25) is 0 Å². The lowest BCUT2D eigenvalue weighted by molar-refractivity contribution is 0.282. The van der Waals surface area contributed by atoms with Crippen LogP contribution >= 0.6 is 0 Å². The molecule has 0 aliphatic heterocycles. The summed E-state index contributed by atoms with van der Waals surface area (Å²) in [5.41, 5.74) is 1.11. The number of fused-ring (bicyclic) bond motifs is 1. The van der Waals surface area contributed by atoms with Crippen molar-refractivity contribution in [1.29, 1.82) is 0 Å². The number of benzene rings is 1. The van der Waals surface area contributed by atoms with Crippen LogP contribution in [0.1, 0.15) is 82.7 Å². The van der Waals surface area contributed by atoms with Gasteiger partial charge in [0.25, 0.3) is 5.56 Å². The number of aliphatic hydroxyl groups excluding tert-OH is 1. The fourth-order valence-electron chi connectivity index (χ4n) is 5.14. The molecular weight excluding hydrogens is 480 g/mol. The lowest BCUT2D eigenvalue weighted by Crippen LogP contribution is -2.23. The number of H-pyrrole nitrogens is 1. The number of imidazole rings is 1. The van der Waals surface area contributed by atoms with Crippen LogP contribution in [0.3, 0.4) is 0 Å². The van der Waals surface area contributed by atoms with Crippen molar-refractivity contribution in [3.63, 3.8) is 0 Å². The van der Waals surface area contributed by atoms with Crippen molar-refractivity contribution in [2.24, 2.45) is 0 Å². The number of aromatic nitrogens is 4. The number of hydrogen-bond donors (Lipinski definition) is 2. The minimum absolute atomic E-state index is 0.121. The number of aromatic amines is 1. The van der Waals surface area contributed by atoms with Gasteiger partial charge in [-0.3, -0.25) is 4.79 Å². The molecule has 1 aliphatic rings. The lowest BCUT2D eigenvalue weighted by atomic mass is 10.1. The van der Waals surface area contributed by atoms with Gasteiger partial charge in [0.15, 0.2) is 21.2 Å². The van der Waals surface area contributed by atoms with Crippen LogP contribution in [0.25, 0.3) is 16.9 Å². The van der Waals surface area contributed by atoms with Crippen molar-refractivity contribution in [3.8, 4) is 17.1 Å². The van der Waals surface area contributed by atoms with Gasteiger partial charge in [-0.05, 0) is 57.7 Å². The summed E-state index contributed by atoms with van der Waals surface area (Å²) in [7, 11) is -3.72. The van der Waals surface area contributed by atoms with Crippen LogP contribution in [0, 0.1) is 6.92 Å². The van der Waals surface area contributed by atoms with Gasteiger partial charge in [-0.25, -0.2) is 17.9 Å². The summed E-state index contributed by atoms with van der Waals surface area (Å²) in [5.74, 6) is 1.68. The molecule has 2 heterocycles. The van der Waals surface area contributed by atoms with E-state index < -0.39 is 15.1 Å². The van der Waals surface area contributed by atoms with Crippen molar-refractivity contribution < 1.29 is 18.3 Å². The monoisotopic (exact) mass is 516 g/mol. The van der Waals surface area contributed by atoms with Gasteiger partial charge in [-0.1, -0.05) is 32.6 Å². The summed E-state index contributed by atoms with van der Waals surface area (Å²) in [5, 5.41) is 13.6.